The lowest BCUT2D eigenvalue weighted by atomic mass is 9.80. The molecule has 1 saturated heterocycles. The van der Waals surface area contributed by atoms with Crippen molar-refractivity contribution in [2.45, 2.75) is 12.0 Å². The van der Waals surface area contributed by atoms with Crippen LogP contribution in [0.3, 0.4) is 0 Å². The van der Waals surface area contributed by atoms with E-state index in [4.69, 9.17) is 4.74 Å². The van der Waals surface area contributed by atoms with Crippen LogP contribution in [0.15, 0.2) is 48.5 Å². The molecule has 0 bridgehead atoms. The zero-order chi connectivity index (χ0) is 14.9. The summed E-state index contributed by atoms with van der Waals surface area (Å²) in [4.78, 5) is 2.62. The molecule has 1 N–H and O–H groups in total. The summed E-state index contributed by atoms with van der Waals surface area (Å²) in [6.07, 6.45) is 0. The van der Waals surface area contributed by atoms with Gasteiger partial charge in [-0.05, 0) is 17.2 Å². The van der Waals surface area contributed by atoms with Gasteiger partial charge in [-0.25, -0.2) is 0 Å². The third-order valence-corrected chi connectivity index (χ3v) is 5.00. The Morgan fingerprint density at radius 1 is 1.04 bits per heavy atom. The van der Waals surface area contributed by atoms with Gasteiger partial charge in [-0.1, -0.05) is 42.5 Å². The Morgan fingerprint density at radius 2 is 1.83 bits per heavy atom. The summed E-state index contributed by atoms with van der Waals surface area (Å²) < 4.78 is 5.71. The monoisotopic (exact) mass is 366 g/mol. The molecule has 0 aliphatic carbocycles. The maximum atomic E-state index is 5.71. The van der Waals surface area contributed by atoms with E-state index in [1.54, 1.807) is 7.11 Å². The SMILES string of the molecule is COc1cccc2c1C(c1ccccc1)CN1CCNCC21.Cl.Cl. The van der Waals surface area contributed by atoms with Crippen molar-refractivity contribution in [1.82, 2.24) is 10.2 Å². The summed E-state index contributed by atoms with van der Waals surface area (Å²) in [7, 11) is 1.78. The fourth-order valence-electron chi connectivity index (χ4n) is 3.96. The minimum atomic E-state index is 0. The van der Waals surface area contributed by atoms with Crippen LogP contribution in [0.5, 0.6) is 5.75 Å². The fourth-order valence-corrected chi connectivity index (χ4v) is 3.96. The first-order valence-corrected chi connectivity index (χ1v) is 8.05. The predicted molar refractivity (Wildman–Crippen MR) is 103 cm³/mol. The highest BCUT2D eigenvalue weighted by molar-refractivity contribution is 5.85. The van der Waals surface area contributed by atoms with Crippen LogP contribution in [-0.4, -0.2) is 38.2 Å². The standard InChI is InChI=1S/C19H22N2O.2ClH/c1-22-18-9-5-8-15-17-12-20-10-11-21(17)13-16(19(15)18)14-6-3-2-4-7-14;;/h2-9,16-17,20H,10-13H2,1H3;2*1H. The zero-order valence-electron chi connectivity index (χ0n) is 13.8. The molecule has 2 aromatic carbocycles. The highest BCUT2D eigenvalue weighted by Crippen LogP contribution is 2.44. The second-order valence-electron chi connectivity index (χ2n) is 6.14. The second-order valence-corrected chi connectivity index (χ2v) is 6.14. The van der Waals surface area contributed by atoms with E-state index in [1.165, 1.54) is 16.7 Å². The van der Waals surface area contributed by atoms with Gasteiger partial charge in [0.15, 0.2) is 0 Å². The summed E-state index contributed by atoms with van der Waals surface area (Å²) >= 11 is 0. The van der Waals surface area contributed by atoms with Gasteiger partial charge in [0.05, 0.1) is 7.11 Å². The van der Waals surface area contributed by atoms with Crippen molar-refractivity contribution in [3.05, 3.63) is 65.2 Å². The van der Waals surface area contributed by atoms with Crippen LogP contribution in [-0.2, 0) is 0 Å². The third-order valence-electron chi connectivity index (χ3n) is 5.00. The van der Waals surface area contributed by atoms with E-state index >= 15 is 0 Å². The molecular weight excluding hydrogens is 343 g/mol. The minimum absolute atomic E-state index is 0. The Bertz CT molecular complexity index is 666. The van der Waals surface area contributed by atoms with Crippen molar-refractivity contribution in [3.8, 4) is 5.75 Å². The summed E-state index contributed by atoms with van der Waals surface area (Å²) in [5, 5.41) is 3.53. The average Bonchev–Trinajstić information content (AvgIpc) is 2.61. The van der Waals surface area contributed by atoms with Crippen LogP contribution in [0, 0.1) is 0 Å². The topological polar surface area (TPSA) is 24.5 Å². The van der Waals surface area contributed by atoms with Crippen LogP contribution in [0.2, 0.25) is 0 Å². The number of nitrogens with one attached hydrogen (secondary N) is 1. The lowest BCUT2D eigenvalue weighted by molar-refractivity contribution is 0.142. The molecule has 2 aliphatic rings. The number of piperazine rings is 1. The molecule has 2 atom stereocenters. The number of benzene rings is 2. The van der Waals surface area contributed by atoms with Gasteiger partial charge in [0, 0.05) is 43.7 Å². The third kappa shape index (κ3) is 3.27. The van der Waals surface area contributed by atoms with E-state index in [0.717, 1.165) is 31.9 Å². The van der Waals surface area contributed by atoms with Crippen LogP contribution in [0.1, 0.15) is 28.7 Å². The molecule has 24 heavy (non-hydrogen) atoms. The number of halogens is 2. The van der Waals surface area contributed by atoms with Gasteiger partial charge in [0.2, 0.25) is 0 Å². The zero-order valence-corrected chi connectivity index (χ0v) is 15.4. The molecule has 4 rings (SSSR count). The molecule has 0 aromatic heterocycles. The van der Waals surface area contributed by atoms with Crippen LogP contribution < -0.4 is 10.1 Å². The van der Waals surface area contributed by atoms with Gasteiger partial charge in [-0.15, -0.1) is 24.8 Å². The van der Waals surface area contributed by atoms with Crippen LogP contribution in [0.25, 0.3) is 0 Å². The normalized spacial score (nSPS) is 22.4. The minimum Gasteiger partial charge on any atom is -0.496 e. The van der Waals surface area contributed by atoms with E-state index in [-0.39, 0.29) is 24.8 Å². The Morgan fingerprint density at radius 3 is 2.58 bits per heavy atom. The maximum absolute atomic E-state index is 5.71. The highest BCUT2D eigenvalue weighted by atomic mass is 35.5. The van der Waals surface area contributed by atoms with Crippen LogP contribution in [0.4, 0.5) is 0 Å². The Kier molecular flexibility index (Phi) is 6.53. The van der Waals surface area contributed by atoms with Crippen molar-refractivity contribution in [1.29, 1.82) is 0 Å². The second kappa shape index (κ2) is 8.21. The first kappa shape index (κ1) is 19.1. The largest absolute Gasteiger partial charge is 0.496 e. The molecule has 2 aromatic rings. The highest BCUT2D eigenvalue weighted by Gasteiger charge is 2.36. The van der Waals surface area contributed by atoms with E-state index in [0.29, 0.717) is 12.0 Å². The van der Waals surface area contributed by atoms with Gasteiger partial charge in [0.1, 0.15) is 5.75 Å². The van der Waals surface area contributed by atoms with Crippen molar-refractivity contribution in [2.75, 3.05) is 33.3 Å². The van der Waals surface area contributed by atoms with Gasteiger partial charge in [-0.2, -0.15) is 0 Å². The smallest absolute Gasteiger partial charge is 0.123 e. The first-order chi connectivity index (χ1) is 10.9. The lowest BCUT2D eigenvalue weighted by Gasteiger charge is -2.44. The van der Waals surface area contributed by atoms with Crippen LogP contribution >= 0.6 is 24.8 Å². The number of methoxy groups -OCH3 is 1. The van der Waals surface area contributed by atoms with E-state index in [9.17, 15) is 0 Å². The number of hydrogen-bond acceptors (Lipinski definition) is 3. The van der Waals surface area contributed by atoms with E-state index in [1.807, 2.05) is 0 Å². The number of rotatable bonds is 2. The molecule has 0 spiro atoms. The lowest BCUT2D eigenvalue weighted by Crippen LogP contribution is -2.50. The van der Waals surface area contributed by atoms with Gasteiger partial charge in [0.25, 0.3) is 0 Å². The first-order valence-electron chi connectivity index (χ1n) is 8.05. The number of ether oxygens (including phenoxy) is 1. The molecule has 2 heterocycles. The molecule has 5 heteroatoms. The van der Waals surface area contributed by atoms with E-state index < -0.39 is 0 Å². The van der Waals surface area contributed by atoms with Crippen molar-refractivity contribution < 1.29 is 4.74 Å². The molecule has 0 saturated carbocycles. The molecule has 3 nitrogen and oxygen atoms in total. The Labute approximate surface area is 156 Å². The molecule has 0 amide bonds. The summed E-state index contributed by atoms with van der Waals surface area (Å²) in [5.74, 6) is 1.42. The maximum Gasteiger partial charge on any atom is 0.123 e. The van der Waals surface area contributed by atoms with Crippen molar-refractivity contribution in [3.63, 3.8) is 0 Å². The predicted octanol–water partition coefficient (Wildman–Crippen LogP) is 3.63. The fraction of sp³-hybridized carbons (Fsp3) is 0.368. The molecular formula is C19H24Cl2N2O. The number of nitrogens with zero attached hydrogens (tertiary/aromatic N) is 1. The molecule has 2 aliphatic heterocycles. The summed E-state index contributed by atoms with van der Waals surface area (Å²) in [5.41, 5.74) is 4.18. The van der Waals surface area contributed by atoms with Gasteiger partial charge < -0.3 is 10.1 Å². The summed E-state index contributed by atoms with van der Waals surface area (Å²) in [6, 6.07) is 17.8. The Balaban J connectivity index is 0.00000104. The quantitative estimate of drug-likeness (QED) is 0.877. The average molecular weight is 367 g/mol. The number of hydrogen-bond donors (Lipinski definition) is 1. The summed E-state index contributed by atoms with van der Waals surface area (Å²) in [6.45, 7) is 4.30. The van der Waals surface area contributed by atoms with Crippen molar-refractivity contribution >= 4 is 24.8 Å². The Hall–Kier alpha value is -1.26. The van der Waals surface area contributed by atoms with E-state index in [2.05, 4.69) is 58.7 Å². The molecule has 130 valence electrons. The van der Waals surface area contributed by atoms with Gasteiger partial charge >= 0.3 is 0 Å². The molecule has 2 unspecified atom stereocenters. The van der Waals surface area contributed by atoms with Gasteiger partial charge in [-0.3, -0.25) is 4.90 Å². The van der Waals surface area contributed by atoms with Crippen molar-refractivity contribution in [2.24, 2.45) is 0 Å². The number of fused-ring (bicyclic) bond motifs is 3. The molecule has 0 radical (unpaired) electrons. The molecule has 1 fully saturated rings.